The van der Waals surface area contributed by atoms with E-state index in [9.17, 15) is 4.79 Å². The Morgan fingerprint density at radius 3 is 2.43 bits per heavy atom. The van der Waals surface area contributed by atoms with Crippen molar-refractivity contribution < 1.29 is 4.79 Å². The minimum Gasteiger partial charge on any atom is -0.369 e. The van der Waals surface area contributed by atoms with E-state index in [0.717, 1.165) is 44.7 Å². The van der Waals surface area contributed by atoms with Gasteiger partial charge in [-0.2, -0.15) is 5.10 Å². The fourth-order valence-corrected chi connectivity index (χ4v) is 3.74. The van der Waals surface area contributed by atoms with Crippen LogP contribution in [0.5, 0.6) is 0 Å². The Morgan fingerprint density at radius 1 is 0.967 bits per heavy atom. The number of amides is 1. The Kier molecular flexibility index (Phi) is 6.72. The number of rotatable bonds is 8. The number of carbonyl (C=O) groups excluding carboxylic acids is 1. The molecule has 30 heavy (non-hydrogen) atoms. The number of hydrogen-bond donors (Lipinski definition) is 1. The lowest BCUT2D eigenvalue weighted by Gasteiger charge is -2.36. The predicted molar refractivity (Wildman–Crippen MR) is 118 cm³/mol. The van der Waals surface area contributed by atoms with Gasteiger partial charge in [-0.15, -0.1) is 0 Å². The number of para-hydroxylation sites is 1. The minimum atomic E-state index is -0.0174. The lowest BCUT2D eigenvalue weighted by molar-refractivity contribution is 0.0951. The summed E-state index contributed by atoms with van der Waals surface area (Å²) in [6, 6.07) is 18.2. The summed E-state index contributed by atoms with van der Waals surface area (Å²) in [5.74, 6) is -0.0174. The van der Waals surface area contributed by atoms with Crippen LogP contribution in [0.25, 0.3) is 0 Å². The predicted octanol–water partition coefficient (Wildman–Crippen LogP) is 2.27. The molecule has 0 saturated carbocycles. The second-order valence-electron chi connectivity index (χ2n) is 7.56. The van der Waals surface area contributed by atoms with Gasteiger partial charge in [0, 0.05) is 44.0 Å². The monoisotopic (exact) mass is 404 g/mol. The number of piperazine rings is 1. The van der Waals surface area contributed by atoms with Crippen LogP contribution in [-0.2, 0) is 6.54 Å². The summed E-state index contributed by atoms with van der Waals surface area (Å²) in [6.07, 6.45) is 4.16. The standard InChI is InChI=1S/C23H28N6O/c30-23(21-9-7-20(8-10-21)17-29-19-24-18-26-29)25-11-4-12-27-13-15-28(16-14-27)22-5-2-1-3-6-22/h1-3,5-10,18-19H,4,11-17H2,(H,25,30). The molecule has 0 atom stereocenters. The molecule has 7 nitrogen and oxygen atoms in total. The highest BCUT2D eigenvalue weighted by molar-refractivity contribution is 5.94. The van der Waals surface area contributed by atoms with Gasteiger partial charge in [0.05, 0.1) is 6.54 Å². The van der Waals surface area contributed by atoms with Gasteiger partial charge in [0.25, 0.3) is 5.91 Å². The van der Waals surface area contributed by atoms with Crippen molar-refractivity contribution in [1.82, 2.24) is 25.0 Å². The summed E-state index contributed by atoms with van der Waals surface area (Å²) in [5.41, 5.74) is 3.08. The first kappa shape index (κ1) is 20.1. The van der Waals surface area contributed by atoms with Crippen molar-refractivity contribution in [3.63, 3.8) is 0 Å². The van der Waals surface area contributed by atoms with Gasteiger partial charge in [0.2, 0.25) is 0 Å². The van der Waals surface area contributed by atoms with Gasteiger partial charge in [0.15, 0.2) is 0 Å². The number of benzene rings is 2. The molecule has 7 heteroatoms. The van der Waals surface area contributed by atoms with E-state index in [1.54, 1.807) is 11.0 Å². The summed E-state index contributed by atoms with van der Waals surface area (Å²) >= 11 is 0. The van der Waals surface area contributed by atoms with Crippen LogP contribution in [0.2, 0.25) is 0 Å². The van der Waals surface area contributed by atoms with E-state index in [4.69, 9.17) is 0 Å². The largest absolute Gasteiger partial charge is 0.369 e. The molecule has 156 valence electrons. The Bertz CT molecular complexity index is 903. The van der Waals surface area contributed by atoms with E-state index in [2.05, 4.69) is 55.5 Å². The van der Waals surface area contributed by atoms with Crippen LogP contribution in [0.3, 0.4) is 0 Å². The zero-order valence-electron chi connectivity index (χ0n) is 17.2. The van der Waals surface area contributed by atoms with Crippen molar-refractivity contribution in [3.8, 4) is 0 Å². The summed E-state index contributed by atoms with van der Waals surface area (Å²) in [5, 5.41) is 7.13. The molecule has 2 heterocycles. The van der Waals surface area contributed by atoms with Gasteiger partial charge in [-0.05, 0) is 42.8 Å². The van der Waals surface area contributed by atoms with Gasteiger partial charge in [-0.25, -0.2) is 9.67 Å². The third-order valence-electron chi connectivity index (χ3n) is 5.46. The van der Waals surface area contributed by atoms with Crippen LogP contribution in [0, 0.1) is 0 Å². The average Bonchev–Trinajstić information content (AvgIpc) is 3.31. The first-order valence-corrected chi connectivity index (χ1v) is 10.5. The van der Waals surface area contributed by atoms with Gasteiger partial charge in [-0.1, -0.05) is 30.3 Å². The molecule has 3 aromatic rings. The summed E-state index contributed by atoms with van der Waals surface area (Å²) in [4.78, 5) is 21.2. The van der Waals surface area contributed by atoms with Gasteiger partial charge < -0.3 is 10.2 Å². The fourth-order valence-electron chi connectivity index (χ4n) is 3.74. The second-order valence-corrected chi connectivity index (χ2v) is 7.56. The summed E-state index contributed by atoms with van der Waals surface area (Å²) < 4.78 is 1.76. The maximum atomic E-state index is 12.4. The molecule has 4 rings (SSSR count). The van der Waals surface area contributed by atoms with E-state index < -0.39 is 0 Å². The van der Waals surface area contributed by atoms with Crippen LogP contribution in [0.4, 0.5) is 5.69 Å². The van der Waals surface area contributed by atoms with E-state index >= 15 is 0 Å². The van der Waals surface area contributed by atoms with Crippen LogP contribution in [0.1, 0.15) is 22.3 Å². The Hall–Kier alpha value is -3.19. The smallest absolute Gasteiger partial charge is 0.251 e. The van der Waals surface area contributed by atoms with E-state index in [-0.39, 0.29) is 5.91 Å². The van der Waals surface area contributed by atoms with Crippen molar-refractivity contribution >= 4 is 11.6 Å². The number of nitrogens with one attached hydrogen (secondary N) is 1. The number of aromatic nitrogens is 3. The van der Waals surface area contributed by atoms with E-state index in [0.29, 0.717) is 18.7 Å². The van der Waals surface area contributed by atoms with Gasteiger partial charge >= 0.3 is 0 Å². The molecule has 1 fully saturated rings. The molecule has 0 radical (unpaired) electrons. The molecule has 1 amide bonds. The first-order chi connectivity index (χ1) is 14.8. The lowest BCUT2D eigenvalue weighted by atomic mass is 10.1. The van der Waals surface area contributed by atoms with E-state index in [1.807, 2.05) is 24.3 Å². The molecular formula is C23H28N6O. The maximum Gasteiger partial charge on any atom is 0.251 e. The zero-order valence-corrected chi connectivity index (χ0v) is 17.2. The van der Waals surface area contributed by atoms with Crippen LogP contribution in [-0.4, -0.2) is 64.8 Å². The Balaban J connectivity index is 1.14. The molecule has 1 aliphatic rings. The normalized spacial score (nSPS) is 14.6. The van der Waals surface area contributed by atoms with Crippen LogP contribution in [0.15, 0.2) is 67.3 Å². The topological polar surface area (TPSA) is 66.3 Å². The first-order valence-electron chi connectivity index (χ1n) is 10.5. The minimum absolute atomic E-state index is 0.0174. The third kappa shape index (κ3) is 5.45. The average molecular weight is 405 g/mol. The van der Waals surface area contributed by atoms with Crippen molar-refractivity contribution in [1.29, 1.82) is 0 Å². The highest BCUT2D eigenvalue weighted by Crippen LogP contribution is 2.15. The zero-order chi connectivity index (χ0) is 20.6. The SMILES string of the molecule is O=C(NCCCN1CCN(c2ccccc2)CC1)c1ccc(Cn2cncn2)cc1. The summed E-state index contributed by atoms with van der Waals surface area (Å²) in [6.45, 7) is 6.60. The van der Waals surface area contributed by atoms with Crippen LogP contribution < -0.4 is 10.2 Å². The molecule has 1 aliphatic heterocycles. The Labute approximate surface area is 177 Å². The molecule has 1 N–H and O–H groups in total. The number of hydrogen-bond acceptors (Lipinski definition) is 5. The Morgan fingerprint density at radius 2 is 1.73 bits per heavy atom. The van der Waals surface area contributed by atoms with Gasteiger partial charge in [0.1, 0.15) is 12.7 Å². The highest BCUT2D eigenvalue weighted by Gasteiger charge is 2.16. The molecule has 0 bridgehead atoms. The molecular weight excluding hydrogens is 376 g/mol. The molecule has 1 saturated heterocycles. The van der Waals surface area contributed by atoms with Crippen molar-refractivity contribution in [2.45, 2.75) is 13.0 Å². The highest BCUT2D eigenvalue weighted by atomic mass is 16.1. The maximum absolute atomic E-state index is 12.4. The molecule has 0 spiro atoms. The van der Waals surface area contributed by atoms with Gasteiger partial charge in [-0.3, -0.25) is 9.69 Å². The number of nitrogens with zero attached hydrogens (tertiary/aromatic N) is 5. The molecule has 1 aromatic heterocycles. The fraction of sp³-hybridized carbons (Fsp3) is 0.348. The van der Waals surface area contributed by atoms with Crippen molar-refractivity contribution in [2.75, 3.05) is 44.2 Å². The van der Waals surface area contributed by atoms with Crippen LogP contribution >= 0.6 is 0 Å². The number of carbonyl (C=O) groups is 1. The molecule has 2 aromatic carbocycles. The third-order valence-corrected chi connectivity index (χ3v) is 5.46. The summed E-state index contributed by atoms with van der Waals surface area (Å²) in [7, 11) is 0. The van der Waals surface area contributed by atoms with Crippen molar-refractivity contribution in [3.05, 3.63) is 78.4 Å². The molecule has 0 aliphatic carbocycles. The van der Waals surface area contributed by atoms with Crippen molar-refractivity contribution in [2.24, 2.45) is 0 Å². The quantitative estimate of drug-likeness (QED) is 0.584. The lowest BCUT2D eigenvalue weighted by Crippen LogP contribution is -2.47. The number of anilines is 1. The van der Waals surface area contributed by atoms with E-state index in [1.165, 1.54) is 12.0 Å². The molecule has 0 unspecified atom stereocenters. The second kappa shape index (κ2) is 10.0.